The molecule has 0 radical (unpaired) electrons. The molecular formula is C19H33N3O3. The number of nitrogens with zero attached hydrogens (tertiary/aromatic N) is 2. The second-order valence-corrected chi connectivity index (χ2v) is 8.61. The lowest BCUT2D eigenvalue weighted by molar-refractivity contribution is -0.136. The van der Waals surface area contributed by atoms with Crippen LogP contribution in [0.2, 0.25) is 0 Å². The summed E-state index contributed by atoms with van der Waals surface area (Å²) in [6.45, 7) is 15.0. The van der Waals surface area contributed by atoms with Gasteiger partial charge in [-0.2, -0.15) is 0 Å². The molecule has 1 rings (SSSR count). The molecule has 0 saturated carbocycles. The summed E-state index contributed by atoms with van der Waals surface area (Å²) in [5.74, 6) is 1.34. The normalized spacial score (nSPS) is 13.0. The van der Waals surface area contributed by atoms with Gasteiger partial charge in [-0.1, -0.05) is 46.7 Å². The molecule has 6 heteroatoms. The van der Waals surface area contributed by atoms with Gasteiger partial charge in [-0.3, -0.25) is 9.59 Å². The van der Waals surface area contributed by atoms with Gasteiger partial charge in [0.1, 0.15) is 5.76 Å². The third kappa shape index (κ3) is 8.70. The number of amides is 2. The lowest BCUT2D eigenvalue weighted by atomic mass is 9.84. The summed E-state index contributed by atoms with van der Waals surface area (Å²) >= 11 is 0. The Bertz CT molecular complexity index is 573. The van der Waals surface area contributed by atoms with Gasteiger partial charge in [0.15, 0.2) is 5.82 Å². The van der Waals surface area contributed by atoms with E-state index in [1.165, 1.54) is 0 Å². The Kier molecular flexibility index (Phi) is 7.64. The van der Waals surface area contributed by atoms with Gasteiger partial charge in [-0.25, -0.2) is 0 Å². The van der Waals surface area contributed by atoms with Crippen LogP contribution in [0, 0.1) is 24.2 Å². The molecule has 0 aliphatic heterocycles. The number of anilines is 1. The molecular weight excluding hydrogens is 318 g/mol. The topological polar surface area (TPSA) is 75.4 Å². The SMILES string of the molecule is Cc1cc(NC(=O)CN(CC(C)C)C(=O)C[C@H](C)CC(C)(C)C)no1. The lowest BCUT2D eigenvalue weighted by Gasteiger charge is -2.27. The van der Waals surface area contributed by atoms with Crippen LogP contribution in [0.25, 0.3) is 0 Å². The first-order valence-electron chi connectivity index (χ1n) is 8.97. The highest BCUT2D eigenvalue weighted by atomic mass is 16.5. The van der Waals surface area contributed by atoms with Crippen molar-refractivity contribution in [3.8, 4) is 0 Å². The van der Waals surface area contributed by atoms with E-state index in [9.17, 15) is 9.59 Å². The molecule has 0 aliphatic carbocycles. The quantitative estimate of drug-likeness (QED) is 0.771. The third-order valence-corrected chi connectivity index (χ3v) is 3.65. The molecule has 0 aromatic carbocycles. The zero-order chi connectivity index (χ0) is 19.2. The molecule has 2 amide bonds. The fraction of sp³-hybridized carbons (Fsp3) is 0.737. The average molecular weight is 351 g/mol. The maximum atomic E-state index is 12.7. The predicted octanol–water partition coefficient (Wildman–Crippen LogP) is 3.87. The van der Waals surface area contributed by atoms with Crippen LogP contribution >= 0.6 is 0 Å². The summed E-state index contributed by atoms with van der Waals surface area (Å²) in [4.78, 5) is 26.6. The first-order valence-corrected chi connectivity index (χ1v) is 8.97. The first-order chi connectivity index (χ1) is 11.5. The van der Waals surface area contributed by atoms with Crippen molar-refractivity contribution in [3.05, 3.63) is 11.8 Å². The molecule has 1 atom stereocenters. The van der Waals surface area contributed by atoms with Gasteiger partial charge in [0, 0.05) is 19.0 Å². The molecule has 6 nitrogen and oxygen atoms in total. The number of hydrogen-bond donors (Lipinski definition) is 1. The van der Waals surface area contributed by atoms with Gasteiger partial charge in [-0.05, 0) is 30.6 Å². The second-order valence-electron chi connectivity index (χ2n) is 8.61. The Balaban J connectivity index is 2.65. The van der Waals surface area contributed by atoms with Crippen molar-refractivity contribution >= 4 is 17.6 Å². The van der Waals surface area contributed by atoms with E-state index < -0.39 is 0 Å². The van der Waals surface area contributed by atoms with Crippen molar-refractivity contribution in [2.24, 2.45) is 17.3 Å². The Morgan fingerprint density at radius 3 is 2.40 bits per heavy atom. The first kappa shape index (κ1) is 21.2. The van der Waals surface area contributed by atoms with E-state index >= 15 is 0 Å². The van der Waals surface area contributed by atoms with Crippen molar-refractivity contribution in [3.63, 3.8) is 0 Å². The number of aryl methyl sites for hydroxylation is 1. The molecule has 0 spiro atoms. The minimum atomic E-state index is -0.259. The van der Waals surface area contributed by atoms with E-state index in [-0.39, 0.29) is 29.7 Å². The molecule has 142 valence electrons. The minimum Gasteiger partial charge on any atom is -0.360 e. The fourth-order valence-corrected chi connectivity index (χ4v) is 3.02. The van der Waals surface area contributed by atoms with Gasteiger partial charge in [-0.15, -0.1) is 0 Å². The molecule has 1 N–H and O–H groups in total. The number of nitrogens with one attached hydrogen (secondary N) is 1. The van der Waals surface area contributed by atoms with Crippen LogP contribution in [-0.4, -0.2) is 35.0 Å². The van der Waals surface area contributed by atoms with Crippen LogP contribution in [0.1, 0.15) is 60.1 Å². The van der Waals surface area contributed by atoms with Crippen molar-refractivity contribution < 1.29 is 14.1 Å². The Morgan fingerprint density at radius 1 is 1.28 bits per heavy atom. The summed E-state index contributed by atoms with van der Waals surface area (Å²) in [5.41, 5.74) is 0.185. The molecule has 1 heterocycles. The summed E-state index contributed by atoms with van der Waals surface area (Å²) in [6.07, 6.45) is 1.43. The fourth-order valence-electron chi connectivity index (χ4n) is 3.02. The van der Waals surface area contributed by atoms with Gasteiger partial charge in [0.25, 0.3) is 0 Å². The predicted molar refractivity (Wildman–Crippen MR) is 99.1 cm³/mol. The Morgan fingerprint density at radius 2 is 1.92 bits per heavy atom. The number of hydrogen-bond acceptors (Lipinski definition) is 4. The Labute approximate surface area is 151 Å². The minimum absolute atomic E-state index is 0.0249. The van der Waals surface area contributed by atoms with Crippen LogP contribution in [0.5, 0.6) is 0 Å². The Hall–Kier alpha value is -1.85. The van der Waals surface area contributed by atoms with Crippen LogP contribution in [0.4, 0.5) is 5.82 Å². The van der Waals surface area contributed by atoms with E-state index in [0.717, 1.165) is 6.42 Å². The molecule has 0 saturated heterocycles. The van der Waals surface area contributed by atoms with E-state index in [0.29, 0.717) is 30.5 Å². The highest BCUT2D eigenvalue weighted by Crippen LogP contribution is 2.26. The van der Waals surface area contributed by atoms with Crippen molar-refractivity contribution in [2.75, 3.05) is 18.4 Å². The molecule has 0 bridgehead atoms. The van der Waals surface area contributed by atoms with Crippen LogP contribution in [0.15, 0.2) is 10.6 Å². The molecule has 0 fully saturated rings. The summed E-state index contributed by atoms with van der Waals surface area (Å²) in [6, 6.07) is 1.65. The highest BCUT2D eigenvalue weighted by Gasteiger charge is 2.23. The highest BCUT2D eigenvalue weighted by molar-refractivity contribution is 5.93. The number of carbonyl (C=O) groups is 2. The van der Waals surface area contributed by atoms with Crippen LogP contribution in [-0.2, 0) is 9.59 Å². The van der Waals surface area contributed by atoms with Crippen molar-refractivity contribution in [2.45, 2.75) is 61.3 Å². The van der Waals surface area contributed by atoms with Gasteiger partial charge in [0.2, 0.25) is 11.8 Å². The number of aromatic nitrogens is 1. The second kappa shape index (κ2) is 9.02. The van der Waals surface area contributed by atoms with E-state index in [1.54, 1.807) is 17.9 Å². The maximum Gasteiger partial charge on any atom is 0.245 e. The molecule has 25 heavy (non-hydrogen) atoms. The monoisotopic (exact) mass is 351 g/mol. The lowest BCUT2D eigenvalue weighted by Crippen LogP contribution is -2.41. The van der Waals surface area contributed by atoms with E-state index in [4.69, 9.17) is 4.52 Å². The largest absolute Gasteiger partial charge is 0.360 e. The van der Waals surface area contributed by atoms with Crippen molar-refractivity contribution in [1.29, 1.82) is 0 Å². The number of rotatable bonds is 8. The number of carbonyl (C=O) groups excluding carboxylic acids is 2. The van der Waals surface area contributed by atoms with Gasteiger partial charge >= 0.3 is 0 Å². The standard InChI is InChI=1S/C19H33N3O3/c1-13(2)11-22(18(24)8-14(3)10-19(5,6)7)12-17(23)20-16-9-15(4)25-21-16/h9,13-14H,8,10-12H2,1-7H3,(H,20,21,23)/t14-/m0/s1. The molecule has 0 aliphatic rings. The van der Waals surface area contributed by atoms with E-state index in [1.807, 2.05) is 13.8 Å². The zero-order valence-electron chi connectivity index (χ0n) is 16.7. The van der Waals surface area contributed by atoms with Crippen LogP contribution in [0.3, 0.4) is 0 Å². The van der Waals surface area contributed by atoms with E-state index in [2.05, 4.69) is 38.2 Å². The van der Waals surface area contributed by atoms with Gasteiger partial charge in [0.05, 0.1) is 6.54 Å². The summed E-state index contributed by atoms with van der Waals surface area (Å²) in [5, 5.41) is 6.42. The molecule has 0 unspecified atom stereocenters. The molecule has 1 aromatic heterocycles. The zero-order valence-corrected chi connectivity index (χ0v) is 16.7. The summed E-state index contributed by atoms with van der Waals surface area (Å²) in [7, 11) is 0. The maximum absolute atomic E-state index is 12.7. The van der Waals surface area contributed by atoms with Crippen LogP contribution < -0.4 is 5.32 Å². The van der Waals surface area contributed by atoms with Gasteiger partial charge < -0.3 is 14.7 Å². The average Bonchev–Trinajstić information content (AvgIpc) is 2.80. The third-order valence-electron chi connectivity index (χ3n) is 3.65. The smallest absolute Gasteiger partial charge is 0.245 e. The summed E-state index contributed by atoms with van der Waals surface area (Å²) < 4.78 is 4.94. The molecule has 1 aromatic rings. The van der Waals surface area contributed by atoms with Crippen molar-refractivity contribution in [1.82, 2.24) is 10.1 Å².